The highest BCUT2D eigenvalue weighted by Gasteiger charge is 2.28. The predicted octanol–water partition coefficient (Wildman–Crippen LogP) is 1.86. The van der Waals surface area contributed by atoms with Crippen molar-refractivity contribution >= 4 is 6.03 Å². The van der Waals surface area contributed by atoms with Crippen LogP contribution in [-0.4, -0.2) is 60.1 Å². The molecule has 2 saturated heterocycles. The Balaban J connectivity index is 1.46. The Bertz CT molecular complexity index is 523. The molecule has 6 nitrogen and oxygen atoms in total. The second kappa shape index (κ2) is 7.64. The van der Waals surface area contributed by atoms with E-state index >= 15 is 0 Å². The summed E-state index contributed by atoms with van der Waals surface area (Å²) < 4.78 is 5.21. The van der Waals surface area contributed by atoms with E-state index in [9.17, 15) is 4.79 Å². The molecular formula is C17H26N4O2. The van der Waals surface area contributed by atoms with Crippen molar-refractivity contribution < 1.29 is 9.53 Å². The van der Waals surface area contributed by atoms with Crippen LogP contribution in [0, 0.1) is 0 Å². The third-order valence-corrected chi connectivity index (χ3v) is 4.88. The first-order valence-electron chi connectivity index (χ1n) is 8.52. The van der Waals surface area contributed by atoms with Gasteiger partial charge in [-0.3, -0.25) is 0 Å². The summed E-state index contributed by atoms with van der Waals surface area (Å²) in [6, 6.07) is 4.45. The molecule has 0 bridgehead atoms. The number of methoxy groups -OCH3 is 1. The zero-order chi connectivity index (χ0) is 16.1. The van der Waals surface area contributed by atoms with Gasteiger partial charge in [-0.05, 0) is 44.8 Å². The summed E-state index contributed by atoms with van der Waals surface area (Å²) in [5.41, 5.74) is 0.898. The number of likely N-dealkylation sites (tertiary alicyclic amines) is 2. The molecule has 0 saturated carbocycles. The van der Waals surface area contributed by atoms with Crippen molar-refractivity contribution in [3.05, 3.63) is 23.9 Å². The fourth-order valence-electron chi connectivity index (χ4n) is 3.57. The monoisotopic (exact) mass is 318 g/mol. The van der Waals surface area contributed by atoms with E-state index in [-0.39, 0.29) is 6.03 Å². The molecule has 2 amide bonds. The third-order valence-electron chi connectivity index (χ3n) is 4.88. The molecule has 0 aromatic carbocycles. The van der Waals surface area contributed by atoms with Gasteiger partial charge in [-0.25, -0.2) is 9.78 Å². The van der Waals surface area contributed by atoms with Crippen molar-refractivity contribution in [2.24, 2.45) is 0 Å². The summed E-state index contributed by atoms with van der Waals surface area (Å²) in [5.74, 6) is 0.570. The average molecular weight is 318 g/mol. The summed E-state index contributed by atoms with van der Waals surface area (Å²) in [6.45, 7) is 4.60. The Hall–Kier alpha value is -1.82. The Morgan fingerprint density at radius 1 is 1.30 bits per heavy atom. The van der Waals surface area contributed by atoms with E-state index in [1.54, 1.807) is 13.3 Å². The Morgan fingerprint density at radius 3 is 2.74 bits per heavy atom. The second-order valence-electron chi connectivity index (χ2n) is 6.29. The molecule has 2 aliphatic rings. The lowest BCUT2D eigenvalue weighted by atomic mass is 10.0. The Morgan fingerprint density at radius 2 is 2.04 bits per heavy atom. The van der Waals surface area contributed by atoms with Crippen LogP contribution in [0.15, 0.2) is 18.3 Å². The predicted molar refractivity (Wildman–Crippen MR) is 88.4 cm³/mol. The molecule has 2 aliphatic heterocycles. The zero-order valence-electron chi connectivity index (χ0n) is 13.8. The summed E-state index contributed by atoms with van der Waals surface area (Å²) in [6.07, 6.45) is 6.52. The number of nitrogens with zero attached hydrogens (tertiary/aromatic N) is 3. The van der Waals surface area contributed by atoms with E-state index in [0.29, 0.717) is 18.5 Å². The quantitative estimate of drug-likeness (QED) is 0.920. The van der Waals surface area contributed by atoms with Crippen LogP contribution in [0.1, 0.15) is 31.2 Å². The second-order valence-corrected chi connectivity index (χ2v) is 6.29. The average Bonchev–Trinajstić information content (AvgIpc) is 3.14. The number of hydrogen-bond acceptors (Lipinski definition) is 4. The van der Waals surface area contributed by atoms with Gasteiger partial charge in [0.2, 0.25) is 5.88 Å². The first-order chi connectivity index (χ1) is 11.3. The van der Waals surface area contributed by atoms with Crippen molar-refractivity contribution in [2.45, 2.75) is 38.3 Å². The summed E-state index contributed by atoms with van der Waals surface area (Å²) in [4.78, 5) is 21.0. The van der Waals surface area contributed by atoms with E-state index in [4.69, 9.17) is 4.74 Å². The van der Waals surface area contributed by atoms with E-state index in [2.05, 4.69) is 15.2 Å². The zero-order valence-corrected chi connectivity index (χ0v) is 13.8. The maximum atomic E-state index is 12.3. The largest absolute Gasteiger partial charge is 0.481 e. The molecule has 3 rings (SSSR count). The highest BCUT2D eigenvalue weighted by Crippen LogP contribution is 2.21. The number of carbonyl (C=O) groups is 1. The molecule has 0 atom stereocenters. The molecule has 0 radical (unpaired) electrons. The molecule has 6 heteroatoms. The van der Waals surface area contributed by atoms with Crippen LogP contribution < -0.4 is 10.1 Å². The van der Waals surface area contributed by atoms with Gasteiger partial charge in [-0.2, -0.15) is 0 Å². The number of ether oxygens (including phenoxy) is 1. The van der Waals surface area contributed by atoms with E-state index in [1.165, 1.54) is 25.9 Å². The normalized spacial score (nSPS) is 19.8. The van der Waals surface area contributed by atoms with Gasteiger partial charge in [0, 0.05) is 37.4 Å². The lowest BCUT2D eigenvalue weighted by Gasteiger charge is -2.36. The van der Waals surface area contributed by atoms with Gasteiger partial charge in [0.25, 0.3) is 0 Å². The maximum Gasteiger partial charge on any atom is 0.317 e. The minimum atomic E-state index is 0.00998. The van der Waals surface area contributed by atoms with Crippen molar-refractivity contribution in [3.63, 3.8) is 0 Å². The van der Waals surface area contributed by atoms with Gasteiger partial charge >= 0.3 is 6.03 Å². The molecule has 0 aliphatic carbocycles. The molecule has 1 N–H and O–H groups in total. The van der Waals surface area contributed by atoms with Gasteiger partial charge in [0.05, 0.1) is 7.11 Å². The number of rotatable bonds is 4. The number of urea groups is 1. The lowest BCUT2D eigenvalue weighted by Crippen LogP contribution is -2.48. The minimum absolute atomic E-state index is 0.00998. The van der Waals surface area contributed by atoms with Gasteiger partial charge in [0.1, 0.15) is 0 Å². The highest BCUT2D eigenvalue weighted by molar-refractivity contribution is 5.74. The van der Waals surface area contributed by atoms with Crippen LogP contribution in [0.2, 0.25) is 0 Å². The van der Waals surface area contributed by atoms with Gasteiger partial charge in [-0.15, -0.1) is 0 Å². The van der Waals surface area contributed by atoms with E-state index in [0.717, 1.165) is 31.5 Å². The fourth-order valence-corrected chi connectivity index (χ4v) is 3.57. The SMILES string of the molecule is COc1ncccc1CNC(=O)N1CCC(N2CCCC2)CC1. The van der Waals surface area contributed by atoms with E-state index in [1.807, 2.05) is 17.0 Å². The number of amides is 2. The van der Waals surface area contributed by atoms with Crippen molar-refractivity contribution in [2.75, 3.05) is 33.3 Å². The van der Waals surface area contributed by atoms with Gasteiger partial charge in [-0.1, -0.05) is 6.07 Å². The smallest absolute Gasteiger partial charge is 0.317 e. The van der Waals surface area contributed by atoms with Gasteiger partial charge in [0.15, 0.2) is 0 Å². The number of pyridine rings is 1. The topological polar surface area (TPSA) is 57.7 Å². The minimum Gasteiger partial charge on any atom is -0.481 e. The summed E-state index contributed by atoms with van der Waals surface area (Å²) in [7, 11) is 1.59. The molecule has 126 valence electrons. The van der Waals surface area contributed by atoms with Crippen LogP contribution in [0.4, 0.5) is 4.79 Å². The van der Waals surface area contributed by atoms with Crippen molar-refractivity contribution in [3.8, 4) is 5.88 Å². The first-order valence-corrected chi connectivity index (χ1v) is 8.52. The lowest BCUT2D eigenvalue weighted by molar-refractivity contribution is 0.134. The summed E-state index contributed by atoms with van der Waals surface area (Å²) in [5, 5.41) is 2.98. The van der Waals surface area contributed by atoms with Crippen LogP contribution in [0.3, 0.4) is 0 Å². The van der Waals surface area contributed by atoms with Crippen molar-refractivity contribution in [1.29, 1.82) is 0 Å². The van der Waals surface area contributed by atoms with Crippen LogP contribution >= 0.6 is 0 Å². The Labute approximate surface area is 137 Å². The van der Waals surface area contributed by atoms with Crippen LogP contribution in [0.25, 0.3) is 0 Å². The third kappa shape index (κ3) is 3.93. The first kappa shape index (κ1) is 16.1. The Kier molecular flexibility index (Phi) is 5.33. The molecule has 1 aromatic heterocycles. The summed E-state index contributed by atoms with van der Waals surface area (Å²) >= 11 is 0. The van der Waals surface area contributed by atoms with Gasteiger partial charge < -0.3 is 19.9 Å². The molecule has 3 heterocycles. The number of carbonyl (C=O) groups excluding carboxylic acids is 1. The number of piperidine rings is 1. The molecule has 0 spiro atoms. The van der Waals surface area contributed by atoms with Crippen LogP contribution in [-0.2, 0) is 6.54 Å². The van der Waals surface area contributed by atoms with Crippen LogP contribution in [0.5, 0.6) is 5.88 Å². The number of aromatic nitrogens is 1. The molecule has 23 heavy (non-hydrogen) atoms. The highest BCUT2D eigenvalue weighted by atomic mass is 16.5. The number of hydrogen-bond donors (Lipinski definition) is 1. The number of nitrogens with one attached hydrogen (secondary N) is 1. The maximum absolute atomic E-state index is 12.3. The molecular weight excluding hydrogens is 292 g/mol. The fraction of sp³-hybridized carbons (Fsp3) is 0.647. The molecule has 2 fully saturated rings. The van der Waals surface area contributed by atoms with E-state index < -0.39 is 0 Å². The molecule has 1 aromatic rings. The molecule has 0 unspecified atom stereocenters. The van der Waals surface area contributed by atoms with Crippen molar-refractivity contribution in [1.82, 2.24) is 20.1 Å². The standard InChI is InChI=1S/C17H26N4O2/c1-23-16-14(5-4-8-18-16)13-19-17(22)21-11-6-15(7-12-21)20-9-2-3-10-20/h4-5,8,15H,2-3,6-7,9-13H2,1H3,(H,19,22).